The van der Waals surface area contributed by atoms with Crippen LogP contribution in [-0.4, -0.2) is 4.98 Å². The Morgan fingerprint density at radius 1 is 1.40 bits per heavy atom. The monoisotopic (exact) mass is 225 g/mol. The van der Waals surface area contributed by atoms with E-state index >= 15 is 0 Å². The highest BCUT2D eigenvalue weighted by Crippen LogP contribution is 2.32. The van der Waals surface area contributed by atoms with Crippen LogP contribution in [0.3, 0.4) is 0 Å². The van der Waals surface area contributed by atoms with Gasteiger partial charge >= 0.3 is 0 Å². The first-order chi connectivity index (χ1) is 6.81. The van der Waals surface area contributed by atoms with E-state index in [1.165, 1.54) is 0 Å². The number of hydrogen-bond donors (Lipinski definition) is 0. The summed E-state index contributed by atoms with van der Waals surface area (Å²) in [5.74, 6) is 0.462. The molecule has 0 aliphatic heterocycles. The fraction of sp³-hybridized carbons (Fsp3) is 0.615. The summed E-state index contributed by atoms with van der Waals surface area (Å²) in [6, 6.07) is 1.85. The first-order valence-electron chi connectivity index (χ1n) is 5.42. The SMILES string of the molecule is Cc1c(Cl)ccnc1C(C)CC(C)(C)C. The Balaban J connectivity index is 2.92. The minimum Gasteiger partial charge on any atom is -0.261 e. The molecule has 0 aromatic carbocycles. The number of nitrogens with zero attached hydrogens (tertiary/aromatic N) is 1. The van der Waals surface area contributed by atoms with Crippen LogP contribution in [0.2, 0.25) is 5.02 Å². The van der Waals surface area contributed by atoms with Crippen molar-refractivity contribution in [2.45, 2.75) is 47.0 Å². The maximum absolute atomic E-state index is 6.09. The summed E-state index contributed by atoms with van der Waals surface area (Å²) in [5.41, 5.74) is 2.59. The number of halogens is 1. The summed E-state index contributed by atoms with van der Waals surface area (Å²) in [4.78, 5) is 4.44. The highest BCUT2D eigenvalue weighted by Gasteiger charge is 2.19. The second-order valence-corrected chi connectivity index (χ2v) is 5.88. The normalized spacial score (nSPS) is 14.0. The van der Waals surface area contributed by atoms with E-state index in [-0.39, 0.29) is 0 Å². The van der Waals surface area contributed by atoms with E-state index in [0.717, 1.165) is 22.7 Å². The molecule has 0 bridgehead atoms. The third-order valence-electron chi connectivity index (χ3n) is 2.56. The lowest BCUT2D eigenvalue weighted by Crippen LogP contribution is -2.11. The lowest BCUT2D eigenvalue weighted by Gasteiger charge is -2.24. The van der Waals surface area contributed by atoms with Crippen molar-refractivity contribution in [2.75, 3.05) is 0 Å². The Morgan fingerprint density at radius 2 is 2.00 bits per heavy atom. The average Bonchev–Trinajstić information content (AvgIpc) is 2.06. The first-order valence-corrected chi connectivity index (χ1v) is 5.80. The van der Waals surface area contributed by atoms with Crippen molar-refractivity contribution in [1.29, 1.82) is 0 Å². The second kappa shape index (κ2) is 4.52. The van der Waals surface area contributed by atoms with Gasteiger partial charge in [0.25, 0.3) is 0 Å². The van der Waals surface area contributed by atoms with Crippen molar-refractivity contribution in [3.8, 4) is 0 Å². The molecule has 0 fully saturated rings. The predicted octanol–water partition coefficient (Wildman–Crippen LogP) is 4.58. The minimum absolute atomic E-state index is 0.329. The van der Waals surface area contributed by atoms with Crippen LogP contribution in [0.4, 0.5) is 0 Å². The summed E-state index contributed by atoms with van der Waals surface area (Å²) >= 11 is 6.09. The van der Waals surface area contributed by atoms with Crippen molar-refractivity contribution in [1.82, 2.24) is 4.98 Å². The summed E-state index contributed by atoms with van der Waals surface area (Å²) < 4.78 is 0. The molecule has 1 aromatic rings. The van der Waals surface area contributed by atoms with E-state index in [4.69, 9.17) is 11.6 Å². The third-order valence-corrected chi connectivity index (χ3v) is 2.97. The Labute approximate surface area is 97.9 Å². The van der Waals surface area contributed by atoms with Crippen molar-refractivity contribution in [3.63, 3.8) is 0 Å². The van der Waals surface area contributed by atoms with Crippen LogP contribution < -0.4 is 0 Å². The molecule has 0 aliphatic rings. The molecule has 1 heterocycles. The van der Waals surface area contributed by atoms with Gasteiger partial charge < -0.3 is 0 Å². The van der Waals surface area contributed by atoms with Gasteiger partial charge in [-0.15, -0.1) is 0 Å². The van der Waals surface area contributed by atoms with E-state index in [9.17, 15) is 0 Å². The standard InChI is InChI=1S/C13H20ClN/c1-9(8-13(3,4)5)12-10(2)11(14)6-7-15-12/h6-7,9H,8H2,1-5H3. The summed E-state index contributed by atoms with van der Waals surface area (Å²) in [6.45, 7) is 11.0. The molecule has 0 saturated heterocycles. The van der Waals surface area contributed by atoms with E-state index in [0.29, 0.717) is 11.3 Å². The van der Waals surface area contributed by atoms with Crippen molar-refractivity contribution < 1.29 is 0 Å². The van der Waals surface area contributed by atoms with E-state index in [1.54, 1.807) is 6.20 Å². The lowest BCUT2D eigenvalue weighted by molar-refractivity contribution is 0.345. The number of rotatable bonds is 2. The minimum atomic E-state index is 0.329. The number of aromatic nitrogens is 1. The van der Waals surface area contributed by atoms with Gasteiger partial charge in [-0.2, -0.15) is 0 Å². The van der Waals surface area contributed by atoms with Gasteiger partial charge in [0, 0.05) is 16.9 Å². The van der Waals surface area contributed by atoms with Crippen LogP contribution in [0.15, 0.2) is 12.3 Å². The summed E-state index contributed by atoms with van der Waals surface area (Å²) in [6.07, 6.45) is 2.92. The van der Waals surface area contributed by atoms with Crippen LogP contribution in [-0.2, 0) is 0 Å². The topological polar surface area (TPSA) is 12.9 Å². The van der Waals surface area contributed by atoms with Crippen LogP contribution in [0.25, 0.3) is 0 Å². The van der Waals surface area contributed by atoms with Crippen LogP contribution in [0.1, 0.15) is 51.3 Å². The molecule has 1 nitrogen and oxygen atoms in total. The molecule has 0 radical (unpaired) electrons. The van der Waals surface area contributed by atoms with Crippen molar-refractivity contribution in [2.24, 2.45) is 5.41 Å². The third kappa shape index (κ3) is 3.49. The highest BCUT2D eigenvalue weighted by molar-refractivity contribution is 6.31. The molecule has 15 heavy (non-hydrogen) atoms. The molecule has 0 amide bonds. The van der Waals surface area contributed by atoms with Gasteiger partial charge in [-0.05, 0) is 36.3 Å². The van der Waals surface area contributed by atoms with E-state index in [2.05, 4.69) is 32.7 Å². The van der Waals surface area contributed by atoms with Gasteiger partial charge in [-0.1, -0.05) is 39.3 Å². The van der Waals surface area contributed by atoms with Gasteiger partial charge in [0.2, 0.25) is 0 Å². The summed E-state index contributed by atoms with van der Waals surface area (Å²) in [5, 5.41) is 0.820. The largest absolute Gasteiger partial charge is 0.261 e. The molecule has 0 N–H and O–H groups in total. The smallest absolute Gasteiger partial charge is 0.0475 e. The molecule has 0 aliphatic carbocycles. The zero-order valence-corrected chi connectivity index (χ0v) is 11.0. The quantitative estimate of drug-likeness (QED) is 0.718. The average molecular weight is 226 g/mol. The molecule has 1 unspecified atom stereocenters. The van der Waals surface area contributed by atoms with E-state index in [1.807, 2.05) is 13.0 Å². The predicted molar refractivity (Wildman–Crippen MR) is 66.5 cm³/mol. The fourth-order valence-corrected chi connectivity index (χ4v) is 2.19. The molecular formula is C13H20ClN. The molecule has 84 valence electrons. The molecule has 2 heteroatoms. The molecule has 1 rings (SSSR count). The fourth-order valence-electron chi connectivity index (χ4n) is 2.04. The van der Waals surface area contributed by atoms with Gasteiger partial charge in [0.1, 0.15) is 0 Å². The Kier molecular flexibility index (Phi) is 3.77. The van der Waals surface area contributed by atoms with Crippen molar-refractivity contribution in [3.05, 3.63) is 28.5 Å². The molecule has 0 spiro atoms. The maximum Gasteiger partial charge on any atom is 0.0475 e. The first kappa shape index (κ1) is 12.5. The molecule has 0 saturated carbocycles. The highest BCUT2D eigenvalue weighted by atomic mass is 35.5. The second-order valence-electron chi connectivity index (χ2n) is 5.47. The van der Waals surface area contributed by atoms with Crippen LogP contribution >= 0.6 is 11.6 Å². The van der Waals surface area contributed by atoms with Gasteiger partial charge in [0.15, 0.2) is 0 Å². The zero-order chi connectivity index (χ0) is 11.6. The van der Waals surface area contributed by atoms with Gasteiger partial charge in [-0.3, -0.25) is 4.98 Å². The number of pyridine rings is 1. The van der Waals surface area contributed by atoms with Gasteiger partial charge in [0.05, 0.1) is 0 Å². The van der Waals surface area contributed by atoms with Gasteiger partial charge in [-0.25, -0.2) is 0 Å². The van der Waals surface area contributed by atoms with Crippen LogP contribution in [0, 0.1) is 12.3 Å². The molecule has 1 atom stereocenters. The Morgan fingerprint density at radius 3 is 2.53 bits per heavy atom. The Hall–Kier alpha value is -0.560. The number of hydrogen-bond acceptors (Lipinski definition) is 1. The van der Waals surface area contributed by atoms with Crippen molar-refractivity contribution >= 4 is 11.6 Å². The molecule has 1 aromatic heterocycles. The lowest BCUT2D eigenvalue weighted by atomic mass is 9.83. The molecular weight excluding hydrogens is 206 g/mol. The maximum atomic E-state index is 6.09. The Bertz CT molecular complexity index is 339. The van der Waals surface area contributed by atoms with E-state index < -0.39 is 0 Å². The summed E-state index contributed by atoms with van der Waals surface area (Å²) in [7, 11) is 0. The van der Waals surface area contributed by atoms with Crippen LogP contribution in [0.5, 0.6) is 0 Å². The zero-order valence-electron chi connectivity index (χ0n) is 10.3.